The lowest BCUT2D eigenvalue weighted by Crippen LogP contribution is -2.30. The average Bonchev–Trinajstić information content (AvgIpc) is 2.83. The Labute approximate surface area is 153 Å². The predicted molar refractivity (Wildman–Crippen MR) is 100 cm³/mol. The maximum atomic E-state index is 12.0. The Balaban J connectivity index is 1.79. The number of urea groups is 1. The predicted octanol–water partition coefficient (Wildman–Crippen LogP) is 2.51. The number of aryl methyl sites for hydroxylation is 2. The number of ether oxygens (including phenoxy) is 1. The Morgan fingerprint density at radius 3 is 2.46 bits per heavy atom. The molecule has 7 heteroatoms. The van der Waals surface area contributed by atoms with Crippen LogP contribution in [-0.2, 0) is 29.4 Å². The number of hydrogen-bond donors (Lipinski definition) is 2. The molecular weight excluding hydrogens is 332 g/mol. The lowest BCUT2D eigenvalue weighted by atomic mass is 10.1. The number of carbonyl (C=O) groups is 2. The zero-order valence-corrected chi connectivity index (χ0v) is 15.8. The summed E-state index contributed by atoms with van der Waals surface area (Å²) in [5, 5.41) is 10.00. The molecule has 7 nitrogen and oxygen atoms in total. The van der Waals surface area contributed by atoms with Crippen LogP contribution in [0.3, 0.4) is 0 Å². The van der Waals surface area contributed by atoms with Crippen molar-refractivity contribution in [2.75, 3.05) is 18.5 Å². The number of carbonyl (C=O) groups excluding carboxylic acids is 2. The minimum atomic E-state index is -0.262. The first kappa shape index (κ1) is 19.5. The Kier molecular flexibility index (Phi) is 6.77. The van der Waals surface area contributed by atoms with Crippen LogP contribution in [0, 0.1) is 13.8 Å². The number of benzene rings is 1. The Morgan fingerprint density at radius 1 is 1.19 bits per heavy atom. The fraction of sp³-hybridized carbons (Fsp3) is 0.421. The molecule has 26 heavy (non-hydrogen) atoms. The molecule has 140 valence electrons. The normalized spacial score (nSPS) is 10.5. The van der Waals surface area contributed by atoms with Gasteiger partial charge in [0.1, 0.15) is 0 Å². The van der Waals surface area contributed by atoms with Gasteiger partial charge in [0.05, 0.1) is 18.7 Å². The van der Waals surface area contributed by atoms with Gasteiger partial charge in [-0.3, -0.25) is 9.48 Å². The van der Waals surface area contributed by atoms with Gasteiger partial charge >= 0.3 is 12.0 Å². The molecule has 0 atom stereocenters. The van der Waals surface area contributed by atoms with Gasteiger partial charge in [-0.1, -0.05) is 12.1 Å². The van der Waals surface area contributed by atoms with E-state index in [1.165, 1.54) is 0 Å². The van der Waals surface area contributed by atoms with E-state index in [2.05, 4.69) is 15.7 Å². The molecule has 0 aliphatic carbocycles. The summed E-state index contributed by atoms with van der Waals surface area (Å²) in [7, 11) is 1.91. The summed E-state index contributed by atoms with van der Waals surface area (Å²) in [4.78, 5) is 23.5. The molecule has 0 bridgehead atoms. The number of anilines is 1. The van der Waals surface area contributed by atoms with Gasteiger partial charge in [0.2, 0.25) is 0 Å². The second kappa shape index (κ2) is 9.03. The summed E-state index contributed by atoms with van der Waals surface area (Å²) in [5.74, 6) is -0.257. The van der Waals surface area contributed by atoms with Crippen LogP contribution in [0.5, 0.6) is 0 Å². The molecule has 1 heterocycles. The third-order valence-electron chi connectivity index (χ3n) is 4.19. The maximum absolute atomic E-state index is 12.0. The number of nitrogens with one attached hydrogen (secondary N) is 2. The van der Waals surface area contributed by atoms with Crippen LogP contribution >= 0.6 is 0 Å². The molecule has 0 saturated carbocycles. The van der Waals surface area contributed by atoms with Gasteiger partial charge in [-0.2, -0.15) is 5.10 Å². The highest BCUT2D eigenvalue weighted by Gasteiger charge is 2.10. The van der Waals surface area contributed by atoms with Gasteiger partial charge < -0.3 is 15.4 Å². The van der Waals surface area contributed by atoms with Crippen LogP contribution in [0.25, 0.3) is 0 Å². The zero-order chi connectivity index (χ0) is 19.1. The summed E-state index contributed by atoms with van der Waals surface area (Å²) in [6.45, 7) is 6.67. The van der Waals surface area contributed by atoms with Crippen molar-refractivity contribution >= 4 is 17.7 Å². The summed E-state index contributed by atoms with van der Waals surface area (Å²) < 4.78 is 6.76. The molecule has 0 spiro atoms. The van der Waals surface area contributed by atoms with E-state index in [0.29, 0.717) is 18.8 Å². The summed E-state index contributed by atoms with van der Waals surface area (Å²) in [6.07, 6.45) is 0.960. The quantitative estimate of drug-likeness (QED) is 0.745. The van der Waals surface area contributed by atoms with Crippen molar-refractivity contribution in [1.29, 1.82) is 0 Å². The molecule has 0 aliphatic rings. The molecule has 0 unspecified atom stereocenters. The lowest BCUT2D eigenvalue weighted by Gasteiger charge is -2.09. The van der Waals surface area contributed by atoms with Gasteiger partial charge in [-0.05, 0) is 50.5 Å². The Bertz CT molecular complexity index is 766. The Morgan fingerprint density at radius 2 is 1.88 bits per heavy atom. The highest BCUT2D eigenvalue weighted by molar-refractivity contribution is 5.89. The van der Waals surface area contributed by atoms with E-state index in [-0.39, 0.29) is 18.4 Å². The number of nitrogens with zero attached hydrogens (tertiary/aromatic N) is 2. The fourth-order valence-corrected chi connectivity index (χ4v) is 2.74. The first-order chi connectivity index (χ1) is 12.4. The van der Waals surface area contributed by atoms with Gasteiger partial charge in [0, 0.05) is 25.0 Å². The van der Waals surface area contributed by atoms with E-state index in [0.717, 1.165) is 28.9 Å². The number of aromatic nitrogens is 2. The van der Waals surface area contributed by atoms with Gasteiger partial charge in [0.25, 0.3) is 0 Å². The minimum absolute atomic E-state index is 0.226. The molecule has 1 aromatic carbocycles. The third kappa shape index (κ3) is 5.34. The molecular formula is C19H26N4O3. The third-order valence-corrected chi connectivity index (χ3v) is 4.19. The first-order valence-corrected chi connectivity index (χ1v) is 8.69. The number of amides is 2. The Hall–Kier alpha value is -2.83. The van der Waals surface area contributed by atoms with Crippen molar-refractivity contribution in [1.82, 2.24) is 15.1 Å². The van der Waals surface area contributed by atoms with Crippen LogP contribution in [0.15, 0.2) is 24.3 Å². The van der Waals surface area contributed by atoms with E-state index < -0.39 is 0 Å². The van der Waals surface area contributed by atoms with Gasteiger partial charge in [0.15, 0.2) is 0 Å². The largest absolute Gasteiger partial charge is 0.466 e. The van der Waals surface area contributed by atoms with Crippen LogP contribution < -0.4 is 10.6 Å². The first-order valence-electron chi connectivity index (χ1n) is 8.69. The summed E-state index contributed by atoms with van der Waals surface area (Å²) in [6, 6.07) is 6.87. The standard InChI is InChI=1S/C19H26N4O3/c1-5-26-18(24)12-15-6-8-16(9-7-15)21-19(25)20-11-10-17-13(2)22-23(4)14(17)3/h6-9H,5,10-12H2,1-4H3,(H2,20,21,25). The number of hydrogen-bond acceptors (Lipinski definition) is 4. The van der Waals surface area contributed by atoms with Crippen LogP contribution in [0.1, 0.15) is 29.4 Å². The van der Waals surface area contributed by atoms with E-state index in [9.17, 15) is 9.59 Å². The maximum Gasteiger partial charge on any atom is 0.319 e. The van der Waals surface area contributed by atoms with E-state index >= 15 is 0 Å². The highest BCUT2D eigenvalue weighted by atomic mass is 16.5. The SMILES string of the molecule is CCOC(=O)Cc1ccc(NC(=O)NCCc2c(C)nn(C)c2C)cc1. The molecule has 0 aliphatic heterocycles. The summed E-state index contributed by atoms with van der Waals surface area (Å²) >= 11 is 0. The second-order valence-electron chi connectivity index (χ2n) is 6.08. The van der Waals surface area contributed by atoms with Crippen molar-refractivity contribution in [2.24, 2.45) is 7.05 Å². The van der Waals surface area contributed by atoms with Crippen molar-refractivity contribution in [2.45, 2.75) is 33.6 Å². The van der Waals surface area contributed by atoms with Gasteiger partial charge in [-0.15, -0.1) is 0 Å². The molecule has 0 fully saturated rings. The van der Waals surface area contributed by atoms with Crippen molar-refractivity contribution < 1.29 is 14.3 Å². The lowest BCUT2D eigenvalue weighted by molar-refractivity contribution is -0.142. The molecule has 2 N–H and O–H groups in total. The smallest absolute Gasteiger partial charge is 0.319 e. The van der Waals surface area contributed by atoms with Crippen LogP contribution in [-0.4, -0.2) is 34.9 Å². The van der Waals surface area contributed by atoms with Crippen LogP contribution in [0.2, 0.25) is 0 Å². The van der Waals surface area contributed by atoms with E-state index in [4.69, 9.17) is 4.74 Å². The summed E-state index contributed by atoms with van der Waals surface area (Å²) in [5.41, 5.74) is 4.78. The monoisotopic (exact) mass is 358 g/mol. The van der Waals surface area contributed by atoms with E-state index in [1.807, 2.05) is 25.6 Å². The molecule has 1 aromatic heterocycles. The number of esters is 1. The van der Waals surface area contributed by atoms with Crippen molar-refractivity contribution in [3.8, 4) is 0 Å². The number of rotatable bonds is 7. The topological polar surface area (TPSA) is 85.2 Å². The molecule has 2 amide bonds. The highest BCUT2D eigenvalue weighted by Crippen LogP contribution is 2.12. The molecule has 2 rings (SSSR count). The second-order valence-corrected chi connectivity index (χ2v) is 6.08. The minimum Gasteiger partial charge on any atom is -0.466 e. The van der Waals surface area contributed by atoms with Crippen molar-refractivity contribution in [3.05, 3.63) is 46.8 Å². The molecule has 2 aromatic rings. The van der Waals surface area contributed by atoms with E-state index in [1.54, 1.807) is 31.2 Å². The average molecular weight is 358 g/mol. The van der Waals surface area contributed by atoms with Crippen molar-refractivity contribution in [3.63, 3.8) is 0 Å². The zero-order valence-electron chi connectivity index (χ0n) is 15.8. The fourth-order valence-electron chi connectivity index (χ4n) is 2.74. The molecule has 0 radical (unpaired) electrons. The van der Waals surface area contributed by atoms with Gasteiger partial charge in [-0.25, -0.2) is 4.79 Å². The molecule has 0 saturated heterocycles. The van der Waals surface area contributed by atoms with Crippen LogP contribution in [0.4, 0.5) is 10.5 Å².